The molecule has 1 aromatic carbocycles. The Morgan fingerprint density at radius 2 is 2.16 bits per heavy atom. The number of nitrogens with zero attached hydrogens (tertiary/aromatic N) is 1. The molecule has 0 radical (unpaired) electrons. The average molecular weight is 267 g/mol. The molecule has 0 atom stereocenters. The lowest BCUT2D eigenvalue weighted by Gasteiger charge is -2.09. The van der Waals surface area contributed by atoms with E-state index in [9.17, 15) is 10.1 Å². The second-order valence-electron chi connectivity index (χ2n) is 4.24. The normalized spacial score (nSPS) is 10.2. The van der Waals surface area contributed by atoms with Gasteiger partial charge >= 0.3 is 0 Å². The fourth-order valence-electron chi connectivity index (χ4n) is 1.60. The van der Waals surface area contributed by atoms with E-state index in [1.54, 1.807) is 6.07 Å². The second-order valence-corrected chi connectivity index (χ2v) is 4.24. The van der Waals surface area contributed by atoms with Gasteiger partial charge in [0.2, 0.25) is 0 Å². The van der Waals surface area contributed by atoms with Crippen LogP contribution in [0.3, 0.4) is 0 Å². The average Bonchev–Trinajstić information content (AvgIpc) is 2.41. The van der Waals surface area contributed by atoms with Crippen molar-refractivity contribution in [3.8, 4) is 5.75 Å². The van der Waals surface area contributed by atoms with E-state index in [4.69, 9.17) is 10.5 Å². The van der Waals surface area contributed by atoms with E-state index in [1.807, 2.05) is 6.92 Å². The molecule has 106 valence electrons. The third-order valence-electron chi connectivity index (χ3n) is 2.53. The number of nitro groups is 1. The Balaban J connectivity index is 2.72. The molecule has 0 amide bonds. The van der Waals surface area contributed by atoms with Crippen molar-refractivity contribution in [2.45, 2.75) is 26.2 Å². The number of ether oxygens (including phenoxy) is 1. The van der Waals surface area contributed by atoms with E-state index in [-0.39, 0.29) is 5.69 Å². The molecule has 0 bridgehead atoms. The van der Waals surface area contributed by atoms with E-state index in [0.717, 1.165) is 25.8 Å². The van der Waals surface area contributed by atoms with Crippen LogP contribution in [0.25, 0.3) is 0 Å². The molecule has 0 unspecified atom stereocenters. The standard InChI is InChI=1S/C13H21N3O3/c1-2-7-19-13-9-11(15-6-4-3-5-14)8-12(10-13)16(17)18/h8-10,15H,2-7,14H2,1H3. The summed E-state index contributed by atoms with van der Waals surface area (Å²) in [6, 6.07) is 4.74. The monoisotopic (exact) mass is 267 g/mol. The Labute approximate surface area is 113 Å². The molecule has 6 nitrogen and oxygen atoms in total. The van der Waals surface area contributed by atoms with Gasteiger partial charge in [-0.15, -0.1) is 0 Å². The number of hydrogen-bond donors (Lipinski definition) is 2. The summed E-state index contributed by atoms with van der Waals surface area (Å²) in [5.41, 5.74) is 6.16. The molecule has 0 aliphatic carbocycles. The van der Waals surface area contributed by atoms with Gasteiger partial charge in [0, 0.05) is 24.4 Å². The molecule has 0 heterocycles. The number of anilines is 1. The van der Waals surface area contributed by atoms with Crippen LogP contribution < -0.4 is 15.8 Å². The zero-order chi connectivity index (χ0) is 14.1. The van der Waals surface area contributed by atoms with Crippen LogP contribution in [-0.2, 0) is 0 Å². The van der Waals surface area contributed by atoms with Crippen molar-refractivity contribution in [2.24, 2.45) is 5.73 Å². The van der Waals surface area contributed by atoms with Crippen molar-refractivity contribution in [1.29, 1.82) is 0 Å². The fraction of sp³-hybridized carbons (Fsp3) is 0.538. The van der Waals surface area contributed by atoms with Gasteiger partial charge in [-0.2, -0.15) is 0 Å². The van der Waals surface area contributed by atoms with Gasteiger partial charge in [-0.1, -0.05) is 6.92 Å². The van der Waals surface area contributed by atoms with E-state index in [1.165, 1.54) is 12.1 Å². The van der Waals surface area contributed by atoms with Crippen LogP contribution in [0.4, 0.5) is 11.4 Å². The Morgan fingerprint density at radius 3 is 2.79 bits per heavy atom. The molecule has 0 aliphatic rings. The summed E-state index contributed by atoms with van der Waals surface area (Å²) in [6.07, 6.45) is 2.73. The van der Waals surface area contributed by atoms with Gasteiger partial charge < -0.3 is 15.8 Å². The third kappa shape index (κ3) is 5.56. The van der Waals surface area contributed by atoms with Crippen LogP contribution in [0.15, 0.2) is 18.2 Å². The minimum atomic E-state index is -0.413. The van der Waals surface area contributed by atoms with E-state index in [0.29, 0.717) is 24.6 Å². The molecular weight excluding hydrogens is 246 g/mol. The van der Waals surface area contributed by atoms with Crippen molar-refractivity contribution in [1.82, 2.24) is 0 Å². The third-order valence-corrected chi connectivity index (χ3v) is 2.53. The predicted octanol–water partition coefficient (Wildman–Crippen LogP) is 2.53. The maximum Gasteiger partial charge on any atom is 0.275 e. The Hall–Kier alpha value is -1.82. The molecule has 19 heavy (non-hydrogen) atoms. The number of non-ortho nitro benzene ring substituents is 1. The minimum absolute atomic E-state index is 0.0370. The Morgan fingerprint density at radius 1 is 1.37 bits per heavy atom. The summed E-state index contributed by atoms with van der Waals surface area (Å²) in [7, 11) is 0. The first-order chi connectivity index (χ1) is 9.17. The second kappa shape index (κ2) is 8.31. The summed E-state index contributed by atoms with van der Waals surface area (Å²) in [6.45, 7) is 3.93. The smallest absolute Gasteiger partial charge is 0.275 e. The van der Waals surface area contributed by atoms with Crippen LogP contribution in [-0.4, -0.2) is 24.6 Å². The molecule has 6 heteroatoms. The quantitative estimate of drug-likeness (QED) is 0.407. The molecule has 0 aliphatic heterocycles. The highest BCUT2D eigenvalue weighted by atomic mass is 16.6. The van der Waals surface area contributed by atoms with Gasteiger partial charge in [0.1, 0.15) is 5.75 Å². The molecule has 1 rings (SSSR count). The number of benzene rings is 1. The highest BCUT2D eigenvalue weighted by molar-refractivity contribution is 5.56. The number of unbranched alkanes of at least 4 members (excludes halogenated alkanes) is 1. The lowest BCUT2D eigenvalue weighted by molar-refractivity contribution is -0.384. The summed E-state index contributed by atoms with van der Waals surface area (Å²) >= 11 is 0. The van der Waals surface area contributed by atoms with Crippen LogP contribution in [0.1, 0.15) is 26.2 Å². The van der Waals surface area contributed by atoms with Crippen LogP contribution in [0.5, 0.6) is 5.75 Å². The molecule has 0 saturated heterocycles. The van der Waals surface area contributed by atoms with E-state index in [2.05, 4.69) is 5.32 Å². The molecule has 0 saturated carbocycles. The lowest BCUT2D eigenvalue weighted by Crippen LogP contribution is -2.06. The van der Waals surface area contributed by atoms with E-state index < -0.39 is 4.92 Å². The summed E-state index contributed by atoms with van der Waals surface area (Å²) in [5.74, 6) is 0.525. The Kier molecular flexibility index (Phi) is 6.67. The van der Waals surface area contributed by atoms with Crippen molar-refractivity contribution >= 4 is 11.4 Å². The van der Waals surface area contributed by atoms with Crippen molar-refractivity contribution in [3.05, 3.63) is 28.3 Å². The van der Waals surface area contributed by atoms with Gasteiger partial charge in [-0.05, 0) is 25.8 Å². The molecule has 0 spiro atoms. The first kappa shape index (κ1) is 15.2. The minimum Gasteiger partial charge on any atom is -0.493 e. The zero-order valence-corrected chi connectivity index (χ0v) is 11.2. The van der Waals surface area contributed by atoms with E-state index >= 15 is 0 Å². The SMILES string of the molecule is CCCOc1cc(NCCCCN)cc([N+](=O)[O-])c1. The topological polar surface area (TPSA) is 90.4 Å². The lowest BCUT2D eigenvalue weighted by atomic mass is 10.2. The van der Waals surface area contributed by atoms with Crippen LogP contribution in [0, 0.1) is 10.1 Å². The number of nitrogens with two attached hydrogens (primary N) is 1. The largest absolute Gasteiger partial charge is 0.493 e. The van der Waals surface area contributed by atoms with Gasteiger partial charge in [0.15, 0.2) is 0 Å². The zero-order valence-electron chi connectivity index (χ0n) is 11.2. The van der Waals surface area contributed by atoms with Gasteiger partial charge in [0.25, 0.3) is 5.69 Å². The van der Waals surface area contributed by atoms with Crippen molar-refractivity contribution in [3.63, 3.8) is 0 Å². The first-order valence-corrected chi connectivity index (χ1v) is 6.53. The van der Waals surface area contributed by atoms with Crippen LogP contribution in [0.2, 0.25) is 0 Å². The summed E-state index contributed by atoms with van der Waals surface area (Å²) in [4.78, 5) is 10.4. The highest BCUT2D eigenvalue weighted by Gasteiger charge is 2.10. The predicted molar refractivity (Wildman–Crippen MR) is 75.7 cm³/mol. The maximum atomic E-state index is 10.9. The number of hydrogen-bond acceptors (Lipinski definition) is 5. The summed E-state index contributed by atoms with van der Waals surface area (Å²) in [5, 5.41) is 14.0. The maximum absolute atomic E-state index is 10.9. The van der Waals surface area contributed by atoms with Gasteiger partial charge in [-0.25, -0.2) is 0 Å². The number of nitro benzene ring substituents is 1. The molecule has 3 N–H and O–H groups in total. The molecule has 1 aromatic rings. The fourth-order valence-corrected chi connectivity index (χ4v) is 1.60. The molecular formula is C13H21N3O3. The summed E-state index contributed by atoms with van der Waals surface area (Å²) < 4.78 is 5.45. The van der Waals surface area contributed by atoms with Crippen molar-refractivity contribution < 1.29 is 9.66 Å². The number of rotatable bonds is 9. The first-order valence-electron chi connectivity index (χ1n) is 6.53. The van der Waals surface area contributed by atoms with Gasteiger partial charge in [0.05, 0.1) is 17.6 Å². The Bertz CT molecular complexity index is 410. The van der Waals surface area contributed by atoms with Crippen molar-refractivity contribution in [2.75, 3.05) is 25.0 Å². The molecule has 0 aromatic heterocycles. The highest BCUT2D eigenvalue weighted by Crippen LogP contribution is 2.26. The number of nitrogens with one attached hydrogen (secondary N) is 1. The molecule has 0 fully saturated rings. The van der Waals surface area contributed by atoms with Crippen LogP contribution >= 0.6 is 0 Å². The van der Waals surface area contributed by atoms with Gasteiger partial charge in [-0.3, -0.25) is 10.1 Å².